The highest BCUT2D eigenvalue weighted by Gasteiger charge is 2.51. The quantitative estimate of drug-likeness (QED) is 0.497. The summed E-state index contributed by atoms with van der Waals surface area (Å²) in [6.45, 7) is 1.45. The van der Waals surface area contributed by atoms with E-state index in [9.17, 15) is 9.59 Å². The minimum atomic E-state index is -1.33. The van der Waals surface area contributed by atoms with E-state index < -0.39 is 17.5 Å². The number of para-hydroxylation sites is 1. The van der Waals surface area contributed by atoms with Crippen LogP contribution in [0.2, 0.25) is 5.02 Å². The normalized spacial score (nSPS) is 18.9. The Bertz CT molecular complexity index is 1260. The van der Waals surface area contributed by atoms with Crippen molar-refractivity contribution < 1.29 is 18.5 Å². The highest BCUT2D eigenvalue weighted by molar-refractivity contribution is 6.30. The van der Waals surface area contributed by atoms with Crippen molar-refractivity contribution in [2.75, 3.05) is 0 Å². The van der Waals surface area contributed by atoms with Gasteiger partial charge in [-0.2, -0.15) is 4.98 Å². The van der Waals surface area contributed by atoms with Crippen LogP contribution < -0.4 is 5.32 Å². The van der Waals surface area contributed by atoms with Crippen LogP contribution in [0, 0.1) is 0 Å². The molecular formula is C21H15ClN4O4. The lowest BCUT2D eigenvalue weighted by molar-refractivity contribution is -0.132. The van der Waals surface area contributed by atoms with Crippen LogP contribution in [-0.4, -0.2) is 27.0 Å². The zero-order valence-corrected chi connectivity index (χ0v) is 16.5. The highest BCUT2D eigenvalue weighted by atomic mass is 35.5. The molecule has 0 aliphatic carbocycles. The summed E-state index contributed by atoms with van der Waals surface area (Å²) in [5.74, 6) is 0.339. The maximum Gasteiger partial charge on any atom is 0.325 e. The summed E-state index contributed by atoms with van der Waals surface area (Å²) in [4.78, 5) is 31.0. The van der Waals surface area contributed by atoms with Gasteiger partial charge in [0.15, 0.2) is 5.54 Å². The fourth-order valence-corrected chi connectivity index (χ4v) is 3.63. The Morgan fingerprint density at radius 2 is 1.97 bits per heavy atom. The number of benzene rings is 2. The molecule has 9 heteroatoms. The lowest BCUT2D eigenvalue weighted by Crippen LogP contribution is -2.40. The summed E-state index contributed by atoms with van der Waals surface area (Å²) < 4.78 is 11.1. The van der Waals surface area contributed by atoms with Gasteiger partial charge in [-0.15, -0.1) is 0 Å². The molecule has 1 fully saturated rings. The highest BCUT2D eigenvalue weighted by Crippen LogP contribution is 2.33. The van der Waals surface area contributed by atoms with E-state index >= 15 is 0 Å². The first-order valence-electron chi connectivity index (χ1n) is 9.16. The molecule has 0 saturated carbocycles. The summed E-state index contributed by atoms with van der Waals surface area (Å²) in [6, 6.07) is 15.6. The number of furan rings is 1. The first-order valence-corrected chi connectivity index (χ1v) is 9.53. The summed E-state index contributed by atoms with van der Waals surface area (Å²) in [6.07, 6.45) is 0. The maximum absolute atomic E-state index is 13.1. The Balaban J connectivity index is 1.41. The fraction of sp³-hybridized carbons (Fsp3) is 0.143. The Kier molecular flexibility index (Phi) is 4.11. The molecule has 1 aliphatic heterocycles. The van der Waals surface area contributed by atoms with Gasteiger partial charge < -0.3 is 14.3 Å². The van der Waals surface area contributed by atoms with Crippen LogP contribution in [0.25, 0.3) is 22.4 Å². The summed E-state index contributed by atoms with van der Waals surface area (Å²) in [5, 5.41) is 8.00. The monoisotopic (exact) mass is 422 g/mol. The van der Waals surface area contributed by atoms with Crippen molar-refractivity contribution in [3.05, 3.63) is 71.3 Å². The van der Waals surface area contributed by atoms with Gasteiger partial charge in [-0.3, -0.25) is 9.69 Å². The Hall–Kier alpha value is -3.65. The van der Waals surface area contributed by atoms with Crippen molar-refractivity contribution in [1.82, 2.24) is 20.4 Å². The van der Waals surface area contributed by atoms with Crippen molar-refractivity contribution in [1.29, 1.82) is 0 Å². The molecule has 0 bridgehead atoms. The van der Waals surface area contributed by atoms with Gasteiger partial charge in [0.2, 0.25) is 11.7 Å². The second-order valence-corrected chi connectivity index (χ2v) is 7.55. The first kappa shape index (κ1) is 18.4. The SMILES string of the molecule is CC1(c2cc3ccccc3o2)NC(=O)N(Cc2nc(-c3cccc(Cl)c3)no2)C1=O. The van der Waals surface area contributed by atoms with E-state index in [0.717, 1.165) is 10.3 Å². The van der Waals surface area contributed by atoms with E-state index in [1.807, 2.05) is 18.2 Å². The largest absolute Gasteiger partial charge is 0.458 e. The molecule has 3 heterocycles. The minimum Gasteiger partial charge on any atom is -0.458 e. The first-order chi connectivity index (χ1) is 14.4. The third-order valence-electron chi connectivity index (χ3n) is 5.04. The fourth-order valence-electron chi connectivity index (χ4n) is 3.44. The number of imide groups is 1. The van der Waals surface area contributed by atoms with Crippen LogP contribution in [0.4, 0.5) is 4.79 Å². The third kappa shape index (κ3) is 2.93. The van der Waals surface area contributed by atoms with Gasteiger partial charge in [0, 0.05) is 16.0 Å². The molecule has 1 N–H and O–H groups in total. The smallest absolute Gasteiger partial charge is 0.325 e. The van der Waals surface area contributed by atoms with Crippen LogP contribution >= 0.6 is 11.6 Å². The molecule has 2 aromatic heterocycles. The van der Waals surface area contributed by atoms with E-state index in [2.05, 4.69) is 15.5 Å². The van der Waals surface area contributed by atoms with Gasteiger partial charge in [-0.25, -0.2) is 4.79 Å². The van der Waals surface area contributed by atoms with Crippen LogP contribution in [0.3, 0.4) is 0 Å². The Labute approximate surface area is 175 Å². The predicted octanol–water partition coefficient (Wildman–Crippen LogP) is 4.10. The van der Waals surface area contributed by atoms with E-state index in [1.165, 1.54) is 0 Å². The lowest BCUT2D eigenvalue weighted by Gasteiger charge is -2.18. The van der Waals surface area contributed by atoms with Crippen molar-refractivity contribution >= 4 is 34.5 Å². The van der Waals surface area contributed by atoms with Gasteiger partial charge in [0.1, 0.15) is 17.9 Å². The van der Waals surface area contributed by atoms with Crippen LogP contribution in [0.5, 0.6) is 0 Å². The molecule has 1 atom stereocenters. The molecule has 30 heavy (non-hydrogen) atoms. The number of nitrogens with one attached hydrogen (secondary N) is 1. The van der Waals surface area contributed by atoms with Crippen molar-refractivity contribution in [3.8, 4) is 11.4 Å². The number of halogens is 1. The average Bonchev–Trinajstić information content (AvgIpc) is 3.42. The second kappa shape index (κ2) is 6.70. The van der Waals surface area contributed by atoms with E-state index in [-0.39, 0.29) is 12.4 Å². The molecule has 1 aliphatic rings. The molecule has 4 aromatic rings. The number of amides is 3. The number of hydrogen-bond donors (Lipinski definition) is 1. The average molecular weight is 423 g/mol. The van der Waals surface area contributed by atoms with E-state index in [1.54, 1.807) is 43.3 Å². The number of aromatic nitrogens is 2. The maximum atomic E-state index is 13.1. The van der Waals surface area contributed by atoms with E-state index in [4.69, 9.17) is 20.5 Å². The van der Waals surface area contributed by atoms with Crippen LogP contribution in [-0.2, 0) is 16.9 Å². The van der Waals surface area contributed by atoms with Crippen molar-refractivity contribution in [2.24, 2.45) is 0 Å². The minimum absolute atomic E-state index is 0.127. The molecule has 1 saturated heterocycles. The van der Waals surface area contributed by atoms with Crippen molar-refractivity contribution in [3.63, 3.8) is 0 Å². The summed E-state index contributed by atoms with van der Waals surface area (Å²) in [5.41, 5.74) is -0.0227. The number of urea groups is 1. The number of nitrogens with zero attached hydrogens (tertiary/aromatic N) is 3. The second-order valence-electron chi connectivity index (χ2n) is 7.12. The van der Waals surface area contributed by atoms with Gasteiger partial charge in [-0.05, 0) is 31.2 Å². The third-order valence-corrected chi connectivity index (χ3v) is 5.27. The number of rotatable bonds is 4. The molecule has 150 valence electrons. The Morgan fingerprint density at radius 1 is 1.13 bits per heavy atom. The molecular weight excluding hydrogens is 408 g/mol. The molecule has 0 radical (unpaired) electrons. The topological polar surface area (TPSA) is 101 Å². The summed E-state index contributed by atoms with van der Waals surface area (Å²) in [7, 11) is 0. The lowest BCUT2D eigenvalue weighted by atomic mass is 9.99. The molecule has 3 amide bonds. The molecule has 2 aromatic carbocycles. The standard InChI is InChI=1S/C21H15ClN4O4/c1-21(16-10-12-5-2-3-8-15(12)29-16)19(27)26(20(28)24-21)11-17-23-18(25-30-17)13-6-4-7-14(22)9-13/h2-10H,11H2,1H3,(H,24,28). The number of carbonyl (C=O) groups excluding carboxylic acids is 2. The zero-order chi connectivity index (χ0) is 20.9. The van der Waals surface area contributed by atoms with Gasteiger partial charge in [0.25, 0.3) is 5.91 Å². The zero-order valence-electron chi connectivity index (χ0n) is 15.8. The van der Waals surface area contributed by atoms with Gasteiger partial charge in [0.05, 0.1) is 0 Å². The molecule has 0 spiro atoms. The van der Waals surface area contributed by atoms with E-state index in [0.29, 0.717) is 27.8 Å². The van der Waals surface area contributed by atoms with Crippen LogP contribution in [0.15, 0.2) is 63.5 Å². The summed E-state index contributed by atoms with van der Waals surface area (Å²) >= 11 is 6.00. The molecule has 8 nitrogen and oxygen atoms in total. The number of fused-ring (bicyclic) bond motifs is 1. The number of hydrogen-bond acceptors (Lipinski definition) is 6. The van der Waals surface area contributed by atoms with Crippen molar-refractivity contribution in [2.45, 2.75) is 19.0 Å². The Morgan fingerprint density at radius 3 is 2.77 bits per heavy atom. The van der Waals surface area contributed by atoms with Gasteiger partial charge in [-0.1, -0.05) is 47.1 Å². The van der Waals surface area contributed by atoms with Gasteiger partial charge >= 0.3 is 6.03 Å². The molecule has 5 rings (SSSR count). The number of carbonyl (C=O) groups is 2. The van der Waals surface area contributed by atoms with Crippen LogP contribution in [0.1, 0.15) is 18.6 Å². The molecule has 1 unspecified atom stereocenters. The predicted molar refractivity (Wildman–Crippen MR) is 107 cm³/mol.